The zero-order valence-electron chi connectivity index (χ0n) is 16.7. The Morgan fingerprint density at radius 2 is 1.77 bits per heavy atom. The second-order valence-corrected chi connectivity index (χ2v) is 8.97. The van der Waals surface area contributed by atoms with E-state index in [2.05, 4.69) is 10.3 Å². The maximum absolute atomic E-state index is 13.8. The Morgan fingerprint density at radius 3 is 2.47 bits per heavy atom. The van der Waals surface area contributed by atoms with E-state index in [1.807, 2.05) is 13.0 Å². The van der Waals surface area contributed by atoms with E-state index in [0.29, 0.717) is 27.4 Å². The van der Waals surface area contributed by atoms with Crippen LogP contribution in [0.25, 0.3) is 10.9 Å². The molecule has 4 rings (SSSR count). The highest BCUT2D eigenvalue weighted by molar-refractivity contribution is 6.35. The van der Waals surface area contributed by atoms with Crippen LogP contribution in [0.2, 0.25) is 10.0 Å². The molecule has 3 aromatic rings. The molecule has 30 heavy (non-hydrogen) atoms. The van der Waals surface area contributed by atoms with Crippen LogP contribution in [0.5, 0.6) is 0 Å². The fourth-order valence-electron chi connectivity index (χ4n) is 4.52. The molecule has 1 heterocycles. The molecule has 0 spiro atoms. The molecular formula is C24H23Cl2FN2O. The van der Waals surface area contributed by atoms with Crippen molar-refractivity contribution in [2.45, 2.75) is 44.6 Å². The summed E-state index contributed by atoms with van der Waals surface area (Å²) in [5, 5.41) is 4.89. The largest absolute Gasteiger partial charge is 0.349 e. The maximum atomic E-state index is 13.8. The summed E-state index contributed by atoms with van der Waals surface area (Å²) in [6, 6.07) is 11.7. The van der Waals surface area contributed by atoms with Gasteiger partial charge in [0.05, 0.1) is 5.52 Å². The lowest BCUT2D eigenvalue weighted by Gasteiger charge is -2.33. The Morgan fingerprint density at radius 1 is 1.07 bits per heavy atom. The molecule has 0 unspecified atom stereocenters. The van der Waals surface area contributed by atoms with Crippen molar-refractivity contribution in [3.8, 4) is 0 Å². The highest BCUT2D eigenvalue weighted by atomic mass is 35.5. The van der Waals surface area contributed by atoms with E-state index in [-0.39, 0.29) is 17.8 Å². The predicted molar refractivity (Wildman–Crippen MR) is 120 cm³/mol. The Hall–Kier alpha value is -2.17. The summed E-state index contributed by atoms with van der Waals surface area (Å²) in [6.07, 6.45) is 5.82. The number of carbonyl (C=O) groups excluding carboxylic acids is 1. The average molecular weight is 445 g/mol. The summed E-state index contributed by atoms with van der Waals surface area (Å²) in [5.41, 5.74) is 2.47. The fourth-order valence-corrected chi connectivity index (χ4v) is 5.04. The van der Waals surface area contributed by atoms with Crippen molar-refractivity contribution >= 4 is 40.0 Å². The third-order valence-electron chi connectivity index (χ3n) is 6.14. The Kier molecular flexibility index (Phi) is 6.26. The van der Waals surface area contributed by atoms with Gasteiger partial charge in [0.1, 0.15) is 5.82 Å². The van der Waals surface area contributed by atoms with E-state index in [0.717, 1.165) is 36.6 Å². The second-order valence-electron chi connectivity index (χ2n) is 8.09. The molecule has 1 fully saturated rings. The number of aromatic nitrogens is 1. The molecule has 1 atom stereocenters. The van der Waals surface area contributed by atoms with Crippen molar-refractivity contribution in [2.75, 3.05) is 0 Å². The first-order valence-electron chi connectivity index (χ1n) is 10.2. The molecule has 0 aliphatic heterocycles. The van der Waals surface area contributed by atoms with Gasteiger partial charge in [0.2, 0.25) is 0 Å². The van der Waals surface area contributed by atoms with Gasteiger partial charge in [-0.1, -0.05) is 23.2 Å². The van der Waals surface area contributed by atoms with Crippen LogP contribution >= 0.6 is 23.2 Å². The number of benzene rings is 2. The van der Waals surface area contributed by atoms with Crippen LogP contribution in [0.15, 0.2) is 48.7 Å². The lowest BCUT2D eigenvalue weighted by molar-refractivity contribution is 0.0918. The SMILES string of the molecule is C[C@@H](NC(=O)c1cc(Cl)cc(Cl)c1)[C@H]1CC[C@H](c2ccnc3ccc(F)cc32)CC1. The lowest BCUT2D eigenvalue weighted by Crippen LogP contribution is -2.39. The fraction of sp³-hybridized carbons (Fsp3) is 0.333. The van der Waals surface area contributed by atoms with Crippen molar-refractivity contribution < 1.29 is 9.18 Å². The van der Waals surface area contributed by atoms with E-state index >= 15 is 0 Å². The van der Waals surface area contributed by atoms with Gasteiger partial charge in [-0.05, 0) is 92.5 Å². The number of nitrogens with one attached hydrogen (secondary N) is 1. The van der Waals surface area contributed by atoms with Crippen LogP contribution in [-0.2, 0) is 0 Å². The smallest absolute Gasteiger partial charge is 0.251 e. The molecule has 1 aromatic heterocycles. The molecule has 1 aliphatic carbocycles. The van der Waals surface area contributed by atoms with Crippen molar-refractivity contribution in [1.29, 1.82) is 0 Å². The molecule has 156 valence electrons. The van der Waals surface area contributed by atoms with Gasteiger partial charge < -0.3 is 5.32 Å². The van der Waals surface area contributed by atoms with E-state index < -0.39 is 0 Å². The predicted octanol–water partition coefficient (Wildman–Crippen LogP) is 6.77. The standard InChI is InChI=1S/C24H23Cl2FN2O/c1-14(29-24(30)17-10-18(25)12-19(26)11-17)15-2-4-16(5-3-15)21-8-9-28-23-7-6-20(27)13-22(21)23/h6-16H,2-5H2,1H3,(H,29,30)/t14-,15-,16-/m1/s1. The normalized spacial score (nSPS) is 20.1. The minimum atomic E-state index is -0.233. The third kappa shape index (κ3) is 4.60. The minimum Gasteiger partial charge on any atom is -0.349 e. The first kappa shape index (κ1) is 21.1. The zero-order chi connectivity index (χ0) is 21.3. The molecule has 2 aromatic carbocycles. The molecule has 1 amide bonds. The van der Waals surface area contributed by atoms with E-state index in [4.69, 9.17) is 23.2 Å². The molecule has 3 nitrogen and oxygen atoms in total. The van der Waals surface area contributed by atoms with Crippen LogP contribution in [0, 0.1) is 11.7 Å². The van der Waals surface area contributed by atoms with Crippen molar-refractivity contribution in [3.63, 3.8) is 0 Å². The molecule has 1 saturated carbocycles. The molecule has 1 aliphatic rings. The van der Waals surface area contributed by atoms with Gasteiger partial charge in [0.15, 0.2) is 0 Å². The van der Waals surface area contributed by atoms with Crippen LogP contribution in [0.3, 0.4) is 0 Å². The molecule has 1 N–H and O–H groups in total. The number of amides is 1. The van der Waals surface area contributed by atoms with Crippen LogP contribution in [0.4, 0.5) is 4.39 Å². The van der Waals surface area contributed by atoms with Crippen LogP contribution in [-0.4, -0.2) is 16.9 Å². The summed E-state index contributed by atoms with van der Waals surface area (Å²) in [5.74, 6) is 0.375. The van der Waals surface area contributed by atoms with Gasteiger partial charge >= 0.3 is 0 Å². The van der Waals surface area contributed by atoms with Gasteiger partial charge in [-0.2, -0.15) is 0 Å². The first-order chi connectivity index (χ1) is 14.4. The molecule has 0 bridgehead atoms. The maximum Gasteiger partial charge on any atom is 0.251 e. The monoisotopic (exact) mass is 444 g/mol. The lowest BCUT2D eigenvalue weighted by atomic mass is 9.75. The number of fused-ring (bicyclic) bond motifs is 1. The molecular weight excluding hydrogens is 422 g/mol. The van der Waals surface area contributed by atoms with Gasteiger partial charge in [0, 0.05) is 33.2 Å². The second kappa shape index (κ2) is 8.91. The highest BCUT2D eigenvalue weighted by Crippen LogP contribution is 2.39. The van der Waals surface area contributed by atoms with Crippen molar-refractivity contribution in [2.24, 2.45) is 5.92 Å². The topological polar surface area (TPSA) is 42.0 Å². The van der Waals surface area contributed by atoms with Crippen LogP contribution in [0.1, 0.15) is 54.4 Å². The van der Waals surface area contributed by atoms with Gasteiger partial charge in [-0.3, -0.25) is 9.78 Å². The number of hydrogen-bond acceptors (Lipinski definition) is 2. The number of hydrogen-bond donors (Lipinski definition) is 1. The van der Waals surface area contributed by atoms with Gasteiger partial charge in [-0.25, -0.2) is 4.39 Å². The van der Waals surface area contributed by atoms with Crippen molar-refractivity contribution in [3.05, 3.63) is 75.7 Å². The molecule has 6 heteroatoms. The number of rotatable bonds is 4. The zero-order valence-corrected chi connectivity index (χ0v) is 18.2. The quantitative estimate of drug-likeness (QED) is 0.481. The summed E-state index contributed by atoms with van der Waals surface area (Å²) in [7, 11) is 0. The highest BCUT2D eigenvalue weighted by Gasteiger charge is 2.28. The summed E-state index contributed by atoms with van der Waals surface area (Å²) in [4.78, 5) is 17.0. The van der Waals surface area contributed by atoms with Gasteiger partial charge in [-0.15, -0.1) is 0 Å². The summed E-state index contributed by atoms with van der Waals surface area (Å²) >= 11 is 12.0. The van der Waals surface area contributed by atoms with E-state index in [1.54, 1.807) is 36.5 Å². The number of nitrogens with zero attached hydrogens (tertiary/aromatic N) is 1. The van der Waals surface area contributed by atoms with E-state index in [1.165, 1.54) is 11.6 Å². The van der Waals surface area contributed by atoms with Crippen molar-refractivity contribution in [1.82, 2.24) is 10.3 Å². The third-order valence-corrected chi connectivity index (χ3v) is 6.58. The summed E-state index contributed by atoms with van der Waals surface area (Å²) < 4.78 is 13.8. The molecule has 0 saturated heterocycles. The number of carbonyl (C=O) groups is 1. The Labute approximate surface area is 185 Å². The number of pyridine rings is 1. The first-order valence-corrected chi connectivity index (χ1v) is 11.0. The Bertz CT molecular complexity index is 1060. The van der Waals surface area contributed by atoms with Crippen LogP contribution < -0.4 is 5.32 Å². The van der Waals surface area contributed by atoms with Gasteiger partial charge in [0.25, 0.3) is 5.91 Å². The summed E-state index contributed by atoms with van der Waals surface area (Å²) in [6.45, 7) is 2.05. The average Bonchev–Trinajstić information content (AvgIpc) is 2.72. The minimum absolute atomic E-state index is 0.0443. The molecule has 0 radical (unpaired) electrons. The Balaban J connectivity index is 1.41. The van der Waals surface area contributed by atoms with E-state index in [9.17, 15) is 9.18 Å². The number of halogens is 3.